The monoisotopic (exact) mass is 489 g/mol. The standard InChI is InChI=1S/C24H27F4N7/c1-15(2)33(4)22-30-20(17-7-8-19(25)16(3)14-17)31-23(32-22)35-12-10-34(11-13-35)21-18(24(26,27)28)6-5-9-29-21/h5-9,14-15H,10-13H2,1-4H3. The van der Waals surface area contributed by atoms with Crippen molar-refractivity contribution in [1.29, 1.82) is 0 Å². The minimum atomic E-state index is -4.48. The van der Waals surface area contributed by atoms with Gasteiger partial charge in [-0.3, -0.25) is 0 Å². The Bertz CT molecular complexity index is 1190. The largest absolute Gasteiger partial charge is 0.419 e. The van der Waals surface area contributed by atoms with Crippen molar-refractivity contribution in [2.24, 2.45) is 0 Å². The molecule has 11 heteroatoms. The van der Waals surface area contributed by atoms with Gasteiger partial charge in [-0.2, -0.15) is 28.1 Å². The lowest BCUT2D eigenvalue weighted by molar-refractivity contribution is -0.137. The number of rotatable bonds is 5. The average Bonchev–Trinajstić information content (AvgIpc) is 2.84. The number of halogens is 4. The minimum absolute atomic E-state index is 0.0713. The summed E-state index contributed by atoms with van der Waals surface area (Å²) < 4.78 is 54.2. The number of benzene rings is 1. The summed E-state index contributed by atoms with van der Waals surface area (Å²) >= 11 is 0. The third-order valence-corrected chi connectivity index (χ3v) is 6.07. The molecule has 4 rings (SSSR count). The summed E-state index contributed by atoms with van der Waals surface area (Å²) in [5.41, 5.74) is 0.393. The fraction of sp³-hybridized carbons (Fsp3) is 0.417. The summed E-state index contributed by atoms with van der Waals surface area (Å²) in [5.74, 6) is 0.918. The maximum Gasteiger partial charge on any atom is 0.419 e. The lowest BCUT2D eigenvalue weighted by atomic mass is 10.1. The van der Waals surface area contributed by atoms with Crippen molar-refractivity contribution in [2.45, 2.75) is 33.0 Å². The summed E-state index contributed by atoms with van der Waals surface area (Å²) in [6.07, 6.45) is -3.11. The molecule has 0 spiro atoms. The molecule has 0 unspecified atom stereocenters. The minimum Gasteiger partial charge on any atom is -0.353 e. The molecule has 0 N–H and O–H groups in total. The molecule has 0 saturated carbocycles. The molecule has 0 atom stereocenters. The molecule has 1 fully saturated rings. The molecular formula is C24H27F4N7. The van der Waals surface area contributed by atoms with Crippen LogP contribution in [0.2, 0.25) is 0 Å². The van der Waals surface area contributed by atoms with Crippen LogP contribution in [0.4, 0.5) is 35.3 Å². The van der Waals surface area contributed by atoms with E-state index in [2.05, 4.69) is 19.9 Å². The van der Waals surface area contributed by atoms with E-state index in [9.17, 15) is 17.6 Å². The topological polar surface area (TPSA) is 61.3 Å². The summed E-state index contributed by atoms with van der Waals surface area (Å²) in [6.45, 7) is 7.16. The number of hydrogen-bond acceptors (Lipinski definition) is 7. The van der Waals surface area contributed by atoms with Gasteiger partial charge in [0.25, 0.3) is 0 Å². The van der Waals surface area contributed by atoms with Gasteiger partial charge in [-0.25, -0.2) is 9.37 Å². The van der Waals surface area contributed by atoms with E-state index >= 15 is 0 Å². The number of alkyl halides is 3. The number of anilines is 3. The van der Waals surface area contributed by atoms with Crippen molar-refractivity contribution in [2.75, 3.05) is 47.9 Å². The average molecular weight is 490 g/mol. The van der Waals surface area contributed by atoms with Gasteiger partial charge in [0, 0.05) is 51.0 Å². The highest BCUT2D eigenvalue weighted by Crippen LogP contribution is 2.35. The van der Waals surface area contributed by atoms with Gasteiger partial charge in [0.15, 0.2) is 5.82 Å². The second-order valence-corrected chi connectivity index (χ2v) is 8.77. The quantitative estimate of drug-likeness (QED) is 0.487. The smallest absolute Gasteiger partial charge is 0.353 e. The first kappa shape index (κ1) is 24.6. The molecule has 3 aromatic rings. The Morgan fingerprint density at radius 3 is 2.29 bits per heavy atom. The first-order valence-electron chi connectivity index (χ1n) is 11.3. The van der Waals surface area contributed by atoms with Crippen molar-refractivity contribution in [1.82, 2.24) is 19.9 Å². The predicted octanol–water partition coefficient (Wildman–Crippen LogP) is 4.57. The van der Waals surface area contributed by atoms with Gasteiger partial charge in [0.2, 0.25) is 11.9 Å². The second kappa shape index (κ2) is 9.63. The summed E-state index contributed by atoms with van der Waals surface area (Å²) in [4.78, 5) is 23.3. The molecule has 2 aromatic heterocycles. The molecule has 0 aliphatic carbocycles. The fourth-order valence-corrected chi connectivity index (χ4v) is 3.79. The van der Waals surface area contributed by atoms with Crippen molar-refractivity contribution in [3.8, 4) is 11.4 Å². The van der Waals surface area contributed by atoms with Crippen LogP contribution in [0.1, 0.15) is 25.0 Å². The number of aryl methyl sites for hydroxylation is 1. The Balaban J connectivity index is 1.63. The van der Waals surface area contributed by atoms with E-state index in [0.29, 0.717) is 55.0 Å². The molecule has 35 heavy (non-hydrogen) atoms. The van der Waals surface area contributed by atoms with Crippen molar-refractivity contribution < 1.29 is 17.6 Å². The van der Waals surface area contributed by atoms with E-state index < -0.39 is 11.7 Å². The molecule has 0 radical (unpaired) electrons. The Hall–Kier alpha value is -3.50. The maximum absolute atomic E-state index is 13.8. The van der Waals surface area contributed by atoms with Crippen LogP contribution in [-0.4, -0.2) is 59.2 Å². The van der Waals surface area contributed by atoms with Crippen molar-refractivity contribution in [3.05, 3.63) is 53.5 Å². The van der Waals surface area contributed by atoms with E-state index in [-0.39, 0.29) is 17.7 Å². The second-order valence-electron chi connectivity index (χ2n) is 8.77. The predicted molar refractivity (Wildman–Crippen MR) is 127 cm³/mol. The van der Waals surface area contributed by atoms with Gasteiger partial charge in [0.05, 0.1) is 5.56 Å². The number of piperazine rings is 1. The third kappa shape index (κ3) is 5.28. The van der Waals surface area contributed by atoms with Gasteiger partial charge in [-0.05, 0) is 56.7 Å². The van der Waals surface area contributed by atoms with E-state index in [1.807, 2.05) is 30.7 Å². The highest BCUT2D eigenvalue weighted by molar-refractivity contribution is 5.60. The van der Waals surface area contributed by atoms with Gasteiger partial charge < -0.3 is 14.7 Å². The molecule has 1 aromatic carbocycles. The van der Waals surface area contributed by atoms with Crippen LogP contribution in [0.25, 0.3) is 11.4 Å². The zero-order chi connectivity index (χ0) is 25.3. The lowest BCUT2D eigenvalue weighted by Gasteiger charge is -2.36. The van der Waals surface area contributed by atoms with Gasteiger partial charge in [0.1, 0.15) is 11.6 Å². The van der Waals surface area contributed by atoms with Crippen molar-refractivity contribution in [3.63, 3.8) is 0 Å². The zero-order valence-corrected chi connectivity index (χ0v) is 20.0. The van der Waals surface area contributed by atoms with Crippen LogP contribution in [0.3, 0.4) is 0 Å². The summed E-state index contributed by atoms with van der Waals surface area (Å²) in [5, 5.41) is 0. The Labute approximate surface area is 201 Å². The molecule has 186 valence electrons. The highest BCUT2D eigenvalue weighted by atomic mass is 19.4. The first-order valence-corrected chi connectivity index (χ1v) is 11.3. The number of pyridine rings is 1. The molecule has 3 heterocycles. The molecular weight excluding hydrogens is 462 g/mol. The summed E-state index contributed by atoms with van der Waals surface area (Å²) in [6, 6.07) is 7.15. The molecule has 1 aliphatic heterocycles. The van der Waals surface area contributed by atoms with Crippen LogP contribution < -0.4 is 14.7 Å². The first-order chi connectivity index (χ1) is 16.5. The van der Waals surface area contributed by atoms with E-state index in [0.717, 1.165) is 6.07 Å². The van der Waals surface area contributed by atoms with Crippen LogP contribution in [-0.2, 0) is 6.18 Å². The van der Waals surface area contributed by atoms with Crippen LogP contribution in [0.5, 0.6) is 0 Å². The van der Waals surface area contributed by atoms with Crippen LogP contribution in [0, 0.1) is 12.7 Å². The Morgan fingerprint density at radius 2 is 1.66 bits per heavy atom. The fourth-order valence-electron chi connectivity index (χ4n) is 3.79. The molecule has 1 aliphatic rings. The van der Waals surface area contributed by atoms with E-state index in [4.69, 9.17) is 0 Å². The molecule has 0 amide bonds. The summed E-state index contributed by atoms with van der Waals surface area (Å²) in [7, 11) is 1.88. The SMILES string of the molecule is Cc1cc(-c2nc(N3CCN(c4ncccc4C(F)(F)F)CC3)nc(N(C)C(C)C)n2)ccc1F. The number of aromatic nitrogens is 4. The van der Waals surface area contributed by atoms with Gasteiger partial charge in [-0.1, -0.05) is 0 Å². The highest BCUT2D eigenvalue weighted by Gasteiger charge is 2.36. The lowest BCUT2D eigenvalue weighted by Crippen LogP contribution is -2.48. The molecule has 0 bridgehead atoms. The normalized spacial score (nSPS) is 14.5. The van der Waals surface area contributed by atoms with Crippen LogP contribution in [0.15, 0.2) is 36.5 Å². The van der Waals surface area contributed by atoms with Gasteiger partial charge in [-0.15, -0.1) is 0 Å². The van der Waals surface area contributed by atoms with Gasteiger partial charge >= 0.3 is 6.18 Å². The Kier molecular flexibility index (Phi) is 6.77. The number of nitrogens with zero attached hydrogens (tertiary/aromatic N) is 7. The zero-order valence-electron chi connectivity index (χ0n) is 20.0. The van der Waals surface area contributed by atoms with E-state index in [1.54, 1.807) is 24.0 Å². The van der Waals surface area contributed by atoms with Crippen molar-refractivity contribution >= 4 is 17.7 Å². The number of hydrogen-bond donors (Lipinski definition) is 0. The third-order valence-electron chi connectivity index (χ3n) is 6.07. The molecule has 1 saturated heterocycles. The van der Waals surface area contributed by atoms with Crippen LogP contribution >= 0.6 is 0 Å². The Morgan fingerprint density at radius 1 is 0.971 bits per heavy atom. The maximum atomic E-state index is 13.8. The van der Waals surface area contributed by atoms with E-state index in [1.165, 1.54) is 18.3 Å². The molecule has 7 nitrogen and oxygen atoms in total.